The Balaban J connectivity index is 1.50. The molecule has 4 nitrogen and oxygen atoms in total. The largest absolute Gasteiger partial charge is 0.347 e. The number of aromatic nitrogens is 1. The zero-order valence-corrected chi connectivity index (χ0v) is 12.4. The van der Waals surface area contributed by atoms with Gasteiger partial charge in [-0.2, -0.15) is 0 Å². The molecule has 21 heavy (non-hydrogen) atoms. The molecule has 110 valence electrons. The Morgan fingerprint density at radius 1 is 1.24 bits per heavy atom. The van der Waals surface area contributed by atoms with Gasteiger partial charge in [-0.05, 0) is 31.4 Å². The van der Waals surface area contributed by atoms with Crippen molar-refractivity contribution in [1.82, 2.24) is 14.8 Å². The highest BCUT2D eigenvalue weighted by atomic mass is 16.2. The summed E-state index contributed by atoms with van der Waals surface area (Å²) in [5, 5.41) is 4.33. The standard InChI is InChI=1S/C17H21N3O/c1-19-15-5-3-2-4-12(15)10-16(19)17(21)18-13-8-9-20(11-13)14-6-7-14/h2-5,10,13-14H,6-9,11H2,1H3,(H,18,21)/t13-/m0/s1. The summed E-state index contributed by atoms with van der Waals surface area (Å²) in [7, 11) is 1.96. The predicted molar refractivity (Wildman–Crippen MR) is 83.4 cm³/mol. The van der Waals surface area contributed by atoms with Crippen molar-refractivity contribution in [1.29, 1.82) is 0 Å². The van der Waals surface area contributed by atoms with Crippen molar-refractivity contribution >= 4 is 16.8 Å². The Hall–Kier alpha value is -1.81. The Labute approximate surface area is 124 Å². The molecular formula is C17H21N3O. The number of carbonyl (C=O) groups is 1. The molecule has 2 aliphatic rings. The summed E-state index contributed by atoms with van der Waals surface area (Å²) in [6, 6.07) is 11.2. The number of aryl methyl sites for hydroxylation is 1. The van der Waals surface area contributed by atoms with Crippen LogP contribution in [-0.4, -0.2) is 40.5 Å². The van der Waals surface area contributed by atoms with E-state index in [0.717, 1.165) is 42.1 Å². The third-order valence-corrected chi connectivity index (χ3v) is 4.80. The average molecular weight is 283 g/mol. The molecule has 0 unspecified atom stereocenters. The molecule has 1 saturated heterocycles. The van der Waals surface area contributed by atoms with Gasteiger partial charge in [0, 0.05) is 43.1 Å². The second kappa shape index (κ2) is 4.88. The van der Waals surface area contributed by atoms with E-state index in [1.165, 1.54) is 12.8 Å². The summed E-state index contributed by atoms with van der Waals surface area (Å²) in [5.74, 6) is 0.0522. The number of benzene rings is 1. The molecule has 1 aliphatic heterocycles. The van der Waals surface area contributed by atoms with Gasteiger partial charge >= 0.3 is 0 Å². The van der Waals surface area contributed by atoms with Crippen molar-refractivity contribution in [2.45, 2.75) is 31.3 Å². The fourth-order valence-corrected chi connectivity index (χ4v) is 3.44. The number of para-hydroxylation sites is 1. The molecule has 2 aromatic rings. The second-order valence-electron chi connectivity index (χ2n) is 6.33. The molecule has 1 atom stereocenters. The van der Waals surface area contributed by atoms with E-state index < -0.39 is 0 Å². The number of fused-ring (bicyclic) bond motifs is 1. The predicted octanol–water partition coefficient (Wildman–Crippen LogP) is 2.14. The average Bonchev–Trinajstić information content (AvgIpc) is 3.15. The number of hydrogen-bond acceptors (Lipinski definition) is 2. The van der Waals surface area contributed by atoms with E-state index in [2.05, 4.69) is 22.3 Å². The van der Waals surface area contributed by atoms with Crippen molar-refractivity contribution in [3.63, 3.8) is 0 Å². The van der Waals surface area contributed by atoms with Gasteiger partial charge in [0.05, 0.1) is 0 Å². The molecule has 4 rings (SSSR count). The molecule has 1 aromatic carbocycles. The highest BCUT2D eigenvalue weighted by molar-refractivity contribution is 5.98. The van der Waals surface area contributed by atoms with Gasteiger partial charge in [0.1, 0.15) is 5.69 Å². The number of carbonyl (C=O) groups excluding carboxylic acids is 1. The van der Waals surface area contributed by atoms with Crippen LogP contribution in [0.15, 0.2) is 30.3 Å². The molecule has 1 N–H and O–H groups in total. The minimum absolute atomic E-state index is 0.0522. The summed E-state index contributed by atoms with van der Waals surface area (Å²) in [4.78, 5) is 15.1. The zero-order chi connectivity index (χ0) is 14.4. The van der Waals surface area contributed by atoms with E-state index in [9.17, 15) is 4.79 Å². The molecule has 0 spiro atoms. The van der Waals surface area contributed by atoms with Crippen molar-refractivity contribution < 1.29 is 4.79 Å². The van der Waals surface area contributed by atoms with E-state index in [4.69, 9.17) is 0 Å². The zero-order valence-electron chi connectivity index (χ0n) is 12.4. The molecular weight excluding hydrogens is 262 g/mol. The Kier molecular flexibility index (Phi) is 3.00. The smallest absolute Gasteiger partial charge is 0.268 e. The van der Waals surface area contributed by atoms with E-state index in [1.807, 2.05) is 29.8 Å². The summed E-state index contributed by atoms with van der Waals surface area (Å²) in [5.41, 5.74) is 1.86. The quantitative estimate of drug-likeness (QED) is 0.937. The maximum Gasteiger partial charge on any atom is 0.268 e. The van der Waals surface area contributed by atoms with Crippen molar-refractivity contribution in [3.05, 3.63) is 36.0 Å². The van der Waals surface area contributed by atoms with Gasteiger partial charge in [-0.3, -0.25) is 9.69 Å². The second-order valence-corrected chi connectivity index (χ2v) is 6.33. The van der Waals surface area contributed by atoms with Gasteiger partial charge in [-0.15, -0.1) is 0 Å². The monoisotopic (exact) mass is 283 g/mol. The first-order valence-corrected chi connectivity index (χ1v) is 7.82. The summed E-state index contributed by atoms with van der Waals surface area (Å²) in [6.45, 7) is 2.14. The van der Waals surface area contributed by atoms with Crippen LogP contribution in [0.4, 0.5) is 0 Å². The summed E-state index contributed by atoms with van der Waals surface area (Å²) < 4.78 is 1.98. The van der Waals surface area contributed by atoms with E-state index in [-0.39, 0.29) is 5.91 Å². The lowest BCUT2D eigenvalue weighted by Gasteiger charge is -2.16. The van der Waals surface area contributed by atoms with Crippen LogP contribution >= 0.6 is 0 Å². The van der Waals surface area contributed by atoms with Gasteiger partial charge in [0.25, 0.3) is 5.91 Å². The molecule has 1 aromatic heterocycles. The molecule has 0 radical (unpaired) electrons. The lowest BCUT2D eigenvalue weighted by molar-refractivity contribution is 0.0929. The first-order valence-electron chi connectivity index (χ1n) is 7.82. The summed E-state index contributed by atoms with van der Waals surface area (Å²) >= 11 is 0. The lowest BCUT2D eigenvalue weighted by atomic mass is 10.2. The van der Waals surface area contributed by atoms with E-state index in [0.29, 0.717) is 6.04 Å². The van der Waals surface area contributed by atoms with Crippen LogP contribution in [0, 0.1) is 0 Å². The Morgan fingerprint density at radius 2 is 2.05 bits per heavy atom. The van der Waals surface area contributed by atoms with E-state index in [1.54, 1.807) is 0 Å². The Bertz CT molecular complexity index is 686. The van der Waals surface area contributed by atoms with E-state index >= 15 is 0 Å². The third-order valence-electron chi connectivity index (χ3n) is 4.80. The van der Waals surface area contributed by atoms with Gasteiger partial charge in [0.2, 0.25) is 0 Å². The van der Waals surface area contributed by atoms with Crippen LogP contribution in [0.2, 0.25) is 0 Å². The number of amides is 1. The third kappa shape index (κ3) is 2.33. The first-order chi connectivity index (χ1) is 10.2. The number of nitrogens with zero attached hydrogens (tertiary/aromatic N) is 2. The number of likely N-dealkylation sites (tertiary alicyclic amines) is 1. The molecule has 4 heteroatoms. The molecule has 2 heterocycles. The topological polar surface area (TPSA) is 37.3 Å². The van der Waals surface area contributed by atoms with Crippen LogP contribution in [0.1, 0.15) is 29.8 Å². The van der Waals surface area contributed by atoms with Gasteiger partial charge in [-0.1, -0.05) is 18.2 Å². The number of hydrogen-bond donors (Lipinski definition) is 1. The molecule has 1 amide bonds. The Morgan fingerprint density at radius 3 is 2.81 bits per heavy atom. The van der Waals surface area contributed by atoms with Gasteiger partial charge < -0.3 is 9.88 Å². The van der Waals surface area contributed by atoms with Crippen LogP contribution in [0.3, 0.4) is 0 Å². The molecule has 1 saturated carbocycles. The van der Waals surface area contributed by atoms with Crippen molar-refractivity contribution in [3.8, 4) is 0 Å². The SMILES string of the molecule is Cn1c(C(=O)N[C@H]2CCN(C3CC3)C2)cc2ccccc21. The minimum atomic E-state index is 0.0522. The highest BCUT2D eigenvalue weighted by Crippen LogP contribution is 2.29. The van der Waals surface area contributed by atoms with Crippen LogP contribution in [0.25, 0.3) is 10.9 Å². The van der Waals surface area contributed by atoms with Gasteiger partial charge in [0.15, 0.2) is 0 Å². The highest BCUT2D eigenvalue weighted by Gasteiger charge is 2.35. The first kappa shape index (κ1) is 12.9. The number of rotatable bonds is 3. The molecule has 0 bridgehead atoms. The molecule has 1 aliphatic carbocycles. The molecule has 2 fully saturated rings. The fraction of sp³-hybridized carbons (Fsp3) is 0.471. The normalized spacial score (nSPS) is 22.8. The maximum atomic E-state index is 12.5. The minimum Gasteiger partial charge on any atom is -0.347 e. The van der Waals surface area contributed by atoms with Crippen LogP contribution in [0.5, 0.6) is 0 Å². The summed E-state index contributed by atoms with van der Waals surface area (Å²) in [6.07, 6.45) is 3.75. The van der Waals surface area contributed by atoms with Crippen molar-refractivity contribution in [2.75, 3.05) is 13.1 Å². The number of nitrogens with one attached hydrogen (secondary N) is 1. The van der Waals surface area contributed by atoms with Gasteiger partial charge in [-0.25, -0.2) is 0 Å². The maximum absolute atomic E-state index is 12.5. The fourth-order valence-electron chi connectivity index (χ4n) is 3.44. The van der Waals surface area contributed by atoms with Crippen molar-refractivity contribution in [2.24, 2.45) is 7.05 Å². The van der Waals surface area contributed by atoms with Crippen LogP contribution in [-0.2, 0) is 7.05 Å². The lowest BCUT2D eigenvalue weighted by Crippen LogP contribution is -2.38. The van der Waals surface area contributed by atoms with Crippen LogP contribution < -0.4 is 5.32 Å².